The molecule has 0 aliphatic carbocycles. The van der Waals surface area contributed by atoms with Crippen molar-refractivity contribution in [1.29, 1.82) is 0 Å². The van der Waals surface area contributed by atoms with Gasteiger partial charge in [-0.15, -0.1) is 0 Å². The Labute approximate surface area is 116 Å². The third-order valence-corrected chi connectivity index (χ3v) is 3.21. The Kier molecular flexibility index (Phi) is 3.16. The van der Waals surface area contributed by atoms with Crippen molar-refractivity contribution in [3.63, 3.8) is 0 Å². The number of aromatic amines is 1. The van der Waals surface area contributed by atoms with Crippen LogP contribution in [0.5, 0.6) is 0 Å². The highest BCUT2D eigenvalue weighted by Crippen LogP contribution is 2.14. The predicted octanol–water partition coefficient (Wildman–Crippen LogP) is 2.45. The summed E-state index contributed by atoms with van der Waals surface area (Å²) in [5.74, 6) is -0.113. The van der Waals surface area contributed by atoms with E-state index in [0.717, 1.165) is 16.6 Å². The lowest BCUT2D eigenvalue weighted by molar-refractivity contribution is 0.0940. The Balaban J connectivity index is 1.78. The molecule has 2 aromatic heterocycles. The van der Waals surface area contributed by atoms with E-state index >= 15 is 0 Å². The van der Waals surface area contributed by atoms with Crippen LogP contribution >= 0.6 is 0 Å². The highest BCUT2D eigenvalue weighted by atomic mass is 16.1. The third kappa shape index (κ3) is 2.38. The van der Waals surface area contributed by atoms with Gasteiger partial charge < -0.3 is 10.3 Å². The number of fused-ring (bicyclic) bond motifs is 1. The molecule has 0 saturated carbocycles. The van der Waals surface area contributed by atoms with E-state index in [1.807, 2.05) is 25.1 Å². The number of nitrogens with one attached hydrogen (secondary N) is 2. The molecule has 5 nitrogen and oxygen atoms in total. The van der Waals surface area contributed by atoms with Gasteiger partial charge in [-0.1, -0.05) is 6.07 Å². The van der Waals surface area contributed by atoms with Crippen molar-refractivity contribution in [2.45, 2.75) is 13.0 Å². The van der Waals surface area contributed by atoms with E-state index in [0.29, 0.717) is 5.56 Å². The van der Waals surface area contributed by atoms with Crippen LogP contribution in [0.4, 0.5) is 0 Å². The second-order valence-corrected chi connectivity index (χ2v) is 4.62. The minimum atomic E-state index is -0.113. The van der Waals surface area contributed by atoms with Gasteiger partial charge in [-0.25, -0.2) is 4.98 Å². The first-order valence-electron chi connectivity index (χ1n) is 6.38. The minimum absolute atomic E-state index is 0.0892. The number of amides is 1. The molecule has 1 unspecified atom stereocenters. The van der Waals surface area contributed by atoms with Gasteiger partial charge in [0.05, 0.1) is 23.4 Å². The summed E-state index contributed by atoms with van der Waals surface area (Å²) in [4.78, 5) is 23.4. The zero-order valence-corrected chi connectivity index (χ0v) is 11.0. The fourth-order valence-corrected chi connectivity index (χ4v) is 2.07. The van der Waals surface area contributed by atoms with Crippen molar-refractivity contribution in [2.75, 3.05) is 0 Å². The summed E-state index contributed by atoms with van der Waals surface area (Å²) in [6, 6.07) is 9.11. The number of hydrogen-bond acceptors (Lipinski definition) is 3. The maximum absolute atomic E-state index is 12.2. The van der Waals surface area contributed by atoms with Gasteiger partial charge in [0.1, 0.15) is 0 Å². The molecule has 3 rings (SSSR count). The van der Waals surface area contributed by atoms with Gasteiger partial charge in [-0.05, 0) is 36.8 Å². The van der Waals surface area contributed by atoms with E-state index < -0.39 is 0 Å². The summed E-state index contributed by atoms with van der Waals surface area (Å²) in [5.41, 5.74) is 3.29. The van der Waals surface area contributed by atoms with E-state index in [1.165, 1.54) is 0 Å². The fraction of sp³-hybridized carbons (Fsp3) is 0.133. The molecule has 1 aromatic carbocycles. The zero-order chi connectivity index (χ0) is 13.9. The SMILES string of the molecule is CC(NC(=O)c1ccc2nc[nH]c2c1)c1cccnc1. The average Bonchev–Trinajstić information content (AvgIpc) is 2.95. The van der Waals surface area contributed by atoms with Gasteiger partial charge in [0, 0.05) is 18.0 Å². The maximum atomic E-state index is 12.2. The first-order valence-corrected chi connectivity index (χ1v) is 6.38. The molecule has 2 N–H and O–H groups in total. The van der Waals surface area contributed by atoms with Crippen LogP contribution in [0.2, 0.25) is 0 Å². The monoisotopic (exact) mass is 266 g/mol. The summed E-state index contributed by atoms with van der Waals surface area (Å²) < 4.78 is 0. The number of H-pyrrole nitrogens is 1. The topological polar surface area (TPSA) is 70.7 Å². The molecule has 0 spiro atoms. The van der Waals surface area contributed by atoms with E-state index in [-0.39, 0.29) is 11.9 Å². The normalized spacial score (nSPS) is 12.2. The Morgan fingerprint density at radius 1 is 1.35 bits per heavy atom. The van der Waals surface area contributed by atoms with Crippen LogP contribution in [0.25, 0.3) is 11.0 Å². The number of nitrogens with zero attached hydrogens (tertiary/aromatic N) is 2. The van der Waals surface area contributed by atoms with Crippen molar-refractivity contribution in [1.82, 2.24) is 20.3 Å². The Morgan fingerprint density at radius 3 is 3.05 bits per heavy atom. The van der Waals surface area contributed by atoms with Crippen molar-refractivity contribution in [3.05, 3.63) is 60.2 Å². The smallest absolute Gasteiger partial charge is 0.251 e. The quantitative estimate of drug-likeness (QED) is 0.765. The summed E-state index contributed by atoms with van der Waals surface area (Å²) in [5, 5.41) is 2.96. The molecule has 0 aliphatic rings. The van der Waals surface area contributed by atoms with E-state index in [1.54, 1.807) is 30.9 Å². The van der Waals surface area contributed by atoms with Gasteiger partial charge in [-0.3, -0.25) is 9.78 Å². The summed E-state index contributed by atoms with van der Waals surface area (Å²) in [7, 11) is 0. The average molecular weight is 266 g/mol. The molecule has 5 heteroatoms. The largest absolute Gasteiger partial charge is 0.345 e. The van der Waals surface area contributed by atoms with Crippen molar-refractivity contribution in [3.8, 4) is 0 Å². The molecule has 0 radical (unpaired) electrons. The molecule has 0 bridgehead atoms. The van der Waals surface area contributed by atoms with Crippen molar-refractivity contribution < 1.29 is 4.79 Å². The molecule has 1 amide bonds. The number of carbonyl (C=O) groups is 1. The highest BCUT2D eigenvalue weighted by Gasteiger charge is 2.12. The van der Waals surface area contributed by atoms with Crippen LogP contribution in [0, 0.1) is 0 Å². The highest BCUT2D eigenvalue weighted by molar-refractivity contribution is 5.97. The van der Waals surface area contributed by atoms with Crippen LogP contribution in [-0.4, -0.2) is 20.9 Å². The first kappa shape index (κ1) is 12.3. The van der Waals surface area contributed by atoms with Crippen LogP contribution in [0.15, 0.2) is 49.1 Å². The van der Waals surface area contributed by atoms with Gasteiger partial charge >= 0.3 is 0 Å². The fourth-order valence-electron chi connectivity index (χ4n) is 2.07. The number of rotatable bonds is 3. The van der Waals surface area contributed by atoms with Crippen molar-refractivity contribution in [2.24, 2.45) is 0 Å². The van der Waals surface area contributed by atoms with Gasteiger partial charge in [-0.2, -0.15) is 0 Å². The number of hydrogen-bond donors (Lipinski definition) is 2. The molecule has 2 heterocycles. The third-order valence-electron chi connectivity index (χ3n) is 3.21. The van der Waals surface area contributed by atoms with E-state index in [9.17, 15) is 4.79 Å². The maximum Gasteiger partial charge on any atom is 0.251 e. The Morgan fingerprint density at radius 2 is 2.25 bits per heavy atom. The van der Waals surface area contributed by atoms with Gasteiger partial charge in [0.2, 0.25) is 0 Å². The molecule has 3 aromatic rings. The van der Waals surface area contributed by atoms with Gasteiger partial charge in [0.25, 0.3) is 5.91 Å². The second kappa shape index (κ2) is 5.13. The van der Waals surface area contributed by atoms with E-state index in [2.05, 4.69) is 20.3 Å². The summed E-state index contributed by atoms with van der Waals surface area (Å²) >= 11 is 0. The Hall–Kier alpha value is -2.69. The van der Waals surface area contributed by atoms with Crippen LogP contribution < -0.4 is 5.32 Å². The van der Waals surface area contributed by atoms with Crippen LogP contribution in [0.3, 0.4) is 0 Å². The van der Waals surface area contributed by atoms with Gasteiger partial charge in [0.15, 0.2) is 0 Å². The van der Waals surface area contributed by atoms with Crippen molar-refractivity contribution >= 4 is 16.9 Å². The molecular formula is C15H14N4O. The number of benzene rings is 1. The standard InChI is InChI=1S/C15H14N4O/c1-10(12-3-2-6-16-8-12)19-15(20)11-4-5-13-14(7-11)18-9-17-13/h2-10H,1H3,(H,17,18)(H,19,20). The molecule has 0 saturated heterocycles. The Bertz CT molecular complexity index is 736. The molecule has 0 fully saturated rings. The lowest BCUT2D eigenvalue weighted by Gasteiger charge is -2.13. The molecule has 20 heavy (non-hydrogen) atoms. The molecule has 1 atom stereocenters. The summed E-state index contributed by atoms with van der Waals surface area (Å²) in [6.45, 7) is 1.93. The number of carbonyl (C=O) groups excluding carboxylic acids is 1. The number of pyridine rings is 1. The molecular weight excluding hydrogens is 252 g/mol. The van der Waals surface area contributed by atoms with E-state index in [4.69, 9.17) is 0 Å². The molecule has 100 valence electrons. The summed E-state index contributed by atoms with van der Waals surface area (Å²) in [6.07, 6.45) is 5.08. The minimum Gasteiger partial charge on any atom is -0.345 e. The second-order valence-electron chi connectivity index (χ2n) is 4.62. The molecule has 0 aliphatic heterocycles. The lowest BCUT2D eigenvalue weighted by atomic mass is 10.1. The van der Waals surface area contributed by atoms with Crippen LogP contribution in [0.1, 0.15) is 28.9 Å². The zero-order valence-electron chi connectivity index (χ0n) is 11.0. The number of aromatic nitrogens is 3. The number of imidazole rings is 1. The lowest BCUT2D eigenvalue weighted by Crippen LogP contribution is -2.26. The predicted molar refractivity (Wildman–Crippen MR) is 76.2 cm³/mol. The van der Waals surface area contributed by atoms with Crippen LogP contribution in [-0.2, 0) is 0 Å². The first-order chi connectivity index (χ1) is 9.74.